The molecule has 1 aromatic rings. The summed E-state index contributed by atoms with van der Waals surface area (Å²) in [5.74, 6) is 2.04. The minimum atomic E-state index is 0.598. The number of hydrogen-bond acceptors (Lipinski definition) is 3. The van der Waals surface area contributed by atoms with Crippen LogP contribution in [0.1, 0.15) is 38.1 Å². The fourth-order valence-electron chi connectivity index (χ4n) is 1.97. The van der Waals surface area contributed by atoms with Crippen LogP contribution in [0.4, 0.5) is 0 Å². The number of fused-ring (bicyclic) bond motifs is 3. The lowest BCUT2D eigenvalue weighted by Crippen LogP contribution is -1.90. The van der Waals surface area contributed by atoms with Gasteiger partial charge in [0.2, 0.25) is 0 Å². The standard InChI is InChI=1S/C8H8N2O.C2H6/c1-4-5-2-3-6-8(7(4)5)10-11-9-6;1-2/h2-5,7H,1H3;1-2H3. The second-order valence-electron chi connectivity index (χ2n) is 3.36. The van der Waals surface area contributed by atoms with Crippen molar-refractivity contribution in [2.24, 2.45) is 11.8 Å². The summed E-state index contributed by atoms with van der Waals surface area (Å²) in [4.78, 5) is 0. The molecule has 1 aromatic heterocycles. The fourth-order valence-corrected chi connectivity index (χ4v) is 1.97. The molecule has 1 saturated carbocycles. The Morgan fingerprint density at radius 3 is 2.85 bits per heavy atom. The highest BCUT2D eigenvalue weighted by atomic mass is 16.6. The monoisotopic (exact) mass is 178 g/mol. The minimum Gasteiger partial charge on any atom is -0.244 e. The zero-order valence-electron chi connectivity index (χ0n) is 8.19. The van der Waals surface area contributed by atoms with Gasteiger partial charge in [0.25, 0.3) is 0 Å². The van der Waals surface area contributed by atoms with E-state index in [4.69, 9.17) is 0 Å². The van der Waals surface area contributed by atoms with Gasteiger partial charge in [-0.1, -0.05) is 37.2 Å². The summed E-state index contributed by atoms with van der Waals surface area (Å²) in [7, 11) is 0. The molecule has 0 bridgehead atoms. The molecule has 3 nitrogen and oxygen atoms in total. The molecule has 0 saturated heterocycles. The van der Waals surface area contributed by atoms with Crippen molar-refractivity contribution in [3.63, 3.8) is 0 Å². The van der Waals surface area contributed by atoms with Gasteiger partial charge in [-0.25, -0.2) is 4.63 Å². The third kappa shape index (κ3) is 1.10. The van der Waals surface area contributed by atoms with Gasteiger partial charge in [0.05, 0.1) is 0 Å². The molecule has 0 amide bonds. The Hall–Kier alpha value is -1.12. The molecule has 13 heavy (non-hydrogen) atoms. The van der Waals surface area contributed by atoms with Crippen molar-refractivity contribution in [3.8, 4) is 0 Å². The van der Waals surface area contributed by atoms with E-state index in [1.165, 1.54) is 0 Å². The minimum absolute atomic E-state index is 0.598. The lowest BCUT2D eigenvalue weighted by atomic mass is 10.1. The molecular weight excluding hydrogens is 164 g/mol. The molecule has 3 heteroatoms. The van der Waals surface area contributed by atoms with Crippen molar-refractivity contribution in [2.75, 3.05) is 0 Å². The largest absolute Gasteiger partial charge is 0.244 e. The van der Waals surface area contributed by atoms with Crippen LogP contribution in [0.5, 0.6) is 0 Å². The van der Waals surface area contributed by atoms with Gasteiger partial charge < -0.3 is 0 Å². The van der Waals surface area contributed by atoms with Crippen LogP contribution in [0.3, 0.4) is 0 Å². The van der Waals surface area contributed by atoms with E-state index in [0.29, 0.717) is 11.8 Å². The van der Waals surface area contributed by atoms with Crippen molar-refractivity contribution in [3.05, 3.63) is 17.5 Å². The van der Waals surface area contributed by atoms with E-state index in [2.05, 4.69) is 27.9 Å². The van der Waals surface area contributed by atoms with E-state index < -0.39 is 0 Å². The molecule has 0 spiro atoms. The van der Waals surface area contributed by atoms with Crippen LogP contribution in [-0.4, -0.2) is 10.3 Å². The van der Waals surface area contributed by atoms with Crippen LogP contribution >= 0.6 is 0 Å². The first-order valence-corrected chi connectivity index (χ1v) is 4.88. The predicted octanol–water partition coefficient (Wildman–Crippen LogP) is 2.47. The summed E-state index contributed by atoms with van der Waals surface area (Å²) in [5.41, 5.74) is 1.99. The number of nitrogens with zero attached hydrogens (tertiary/aromatic N) is 2. The quantitative estimate of drug-likeness (QED) is 0.612. The highest BCUT2D eigenvalue weighted by Crippen LogP contribution is 2.56. The average molecular weight is 178 g/mol. The van der Waals surface area contributed by atoms with Crippen LogP contribution < -0.4 is 0 Å². The summed E-state index contributed by atoms with van der Waals surface area (Å²) in [6.45, 7) is 6.24. The second-order valence-corrected chi connectivity index (χ2v) is 3.36. The van der Waals surface area contributed by atoms with Crippen LogP contribution in [0.25, 0.3) is 6.08 Å². The Morgan fingerprint density at radius 2 is 2.08 bits per heavy atom. The molecule has 0 radical (unpaired) electrons. The molecule has 3 unspecified atom stereocenters. The molecule has 2 aliphatic rings. The zero-order valence-corrected chi connectivity index (χ0v) is 8.19. The SMILES string of the molecule is CC.CC1C2C=Cc3nonc3C12. The molecule has 1 heterocycles. The van der Waals surface area contributed by atoms with Gasteiger partial charge in [0.1, 0.15) is 11.4 Å². The Morgan fingerprint density at radius 1 is 1.31 bits per heavy atom. The first kappa shape index (κ1) is 8.48. The molecule has 70 valence electrons. The average Bonchev–Trinajstić information content (AvgIpc) is 2.68. The Balaban J connectivity index is 0.000000308. The fraction of sp³-hybridized carbons (Fsp3) is 0.600. The summed E-state index contributed by atoms with van der Waals surface area (Å²) in [5, 5.41) is 7.69. The van der Waals surface area contributed by atoms with Crippen molar-refractivity contribution >= 4 is 6.08 Å². The Bertz CT molecular complexity index is 329. The Labute approximate surface area is 77.8 Å². The van der Waals surface area contributed by atoms with E-state index in [-0.39, 0.29) is 0 Å². The van der Waals surface area contributed by atoms with Gasteiger partial charge in [-0.2, -0.15) is 0 Å². The normalized spacial score (nSPS) is 32.7. The number of rotatable bonds is 0. The van der Waals surface area contributed by atoms with E-state index in [1.807, 2.05) is 19.9 Å². The molecule has 0 N–H and O–H groups in total. The number of allylic oxidation sites excluding steroid dienone is 1. The Kier molecular flexibility index (Phi) is 1.94. The maximum Gasteiger partial charge on any atom is 0.131 e. The van der Waals surface area contributed by atoms with Crippen LogP contribution in [-0.2, 0) is 0 Å². The highest BCUT2D eigenvalue weighted by molar-refractivity contribution is 5.55. The predicted molar refractivity (Wildman–Crippen MR) is 50.1 cm³/mol. The van der Waals surface area contributed by atoms with Crippen molar-refractivity contribution < 1.29 is 4.63 Å². The lowest BCUT2D eigenvalue weighted by Gasteiger charge is -1.95. The molecule has 1 fully saturated rings. The van der Waals surface area contributed by atoms with Crippen molar-refractivity contribution in [2.45, 2.75) is 26.7 Å². The lowest BCUT2D eigenvalue weighted by molar-refractivity contribution is 0.302. The van der Waals surface area contributed by atoms with Gasteiger partial charge in [-0.3, -0.25) is 0 Å². The van der Waals surface area contributed by atoms with Gasteiger partial charge in [-0.15, -0.1) is 0 Å². The van der Waals surface area contributed by atoms with E-state index >= 15 is 0 Å². The van der Waals surface area contributed by atoms with Gasteiger partial charge in [-0.05, 0) is 17.9 Å². The van der Waals surface area contributed by atoms with E-state index in [9.17, 15) is 0 Å². The third-order valence-corrected chi connectivity index (χ3v) is 2.78. The third-order valence-electron chi connectivity index (χ3n) is 2.78. The van der Waals surface area contributed by atoms with Gasteiger partial charge in [0.15, 0.2) is 0 Å². The maximum atomic E-state index is 4.66. The molecule has 3 atom stereocenters. The number of hydrogen-bond donors (Lipinski definition) is 0. The van der Waals surface area contributed by atoms with Crippen LogP contribution in [0.15, 0.2) is 10.7 Å². The second kappa shape index (κ2) is 2.98. The van der Waals surface area contributed by atoms with Crippen molar-refractivity contribution in [1.29, 1.82) is 0 Å². The van der Waals surface area contributed by atoms with Crippen LogP contribution in [0.2, 0.25) is 0 Å². The summed E-state index contributed by atoms with van der Waals surface area (Å²) in [6, 6.07) is 0. The highest BCUT2D eigenvalue weighted by Gasteiger charge is 2.50. The topological polar surface area (TPSA) is 38.9 Å². The molecule has 0 aromatic carbocycles. The van der Waals surface area contributed by atoms with E-state index in [1.54, 1.807) is 0 Å². The summed E-state index contributed by atoms with van der Waals surface area (Å²) >= 11 is 0. The number of aromatic nitrogens is 2. The maximum absolute atomic E-state index is 4.66. The first-order valence-electron chi connectivity index (χ1n) is 4.88. The van der Waals surface area contributed by atoms with Gasteiger partial charge in [0, 0.05) is 5.92 Å². The van der Waals surface area contributed by atoms with Crippen LogP contribution in [0, 0.1) is 11.8 Å². The molecule has 2 aliphatic carbocycles. The smallest absolute Gasteiger partial charge is 0.131 e. The first-order chi connectivity index (χ1) is 6.38. The van der Waals surface area contributed by atoms with Gasteiger partial charge >= 0.3 is 0 Å². The van der Waals surface area contributed by atoms with E-state index in [0.717, 1.165) is 17.3 Å². The molecular formula is C10H14N2O. The summed E-state index contributed by atoms with van der Waals surface area (Å²) in [6.07, 6.45) is 4.22. The molecule has 0 aliphatic heterocycles. The zero-order chi connectivity index (χ0) is 9.42. The molecule has 3 rings (SSSR count). The summed E-state index contributed by atoms with van der Waals surface area (Å²) < 4.78 is 4.66. The van der Waals surface area contributed by atoms with Crippen molar-refractivity contribution in [1.82, 2.24) is 10.3 Å².